The number of oxazole rings is 1. The van der Waals surface area contributed by atoms with Gasteiger partial charge in [-0.15, -0.1) is 0 Å². The van der Waals surface area contributed by atoms with Gasteiger partial charge in [-0.1, -0.05) is 24.3 Å². The highest BCUT2D eigenvalue weighted by Crippen LogP contribution is 2.23. The van der Waals surface area contributed by atoms with Gasteiger partial charge in [0.25, 0.3) is 6.01 Å². The molecule has 0 amide bonds. The van der Waals surface area contributed by atoms with Crippen LogP contribution < -0.4 is 5.32 Å². The van der Waals surface area contributed by atoms with Gasteiger partial charge in [-0.05, 0) is 37.3 Å². The van der Waals surface area contributed by atoms with Crippen LogP contribution in [0.1, 0.15) is 35.0 Å². The number of aromatic nitrogens is 1. The van der Waals surface area contributed by atoms with Crippen LogP contribution in [0.15, 0.2) is 34.9 Å². The molecule has 0 saturated heterocycles. The number of benzene rings is 1. The van der Waals surface area contributed by atoms with Gasteiger partial charge in [-0.25, -0.2) is 4.79 Å². The third-order valence-corrected chi connectivity index (χ3v) is 3.66. The van der Waals surface area contributed by atoms with E-state index in [4.69, 9.17) is 9.15 Å². The molecular formula is C16H18N2O3. The molecular weight excluding hydrogens is 268 g/mol. The lowest BCUT2D eigenvalue weighted by Crippen LogP contribution is -2.27. The first-order valence-corrected chi connectivity index (χ1v) is 7.22. The van der Waals surface area contributed by atoms with Crippen molar-refractivity contribution >= 4 is 12.0 Å². The topological polar surface area (TPSA) is 64.4 Å². The molecule has 1 aromatic heterocycles. The molecule has 110 valence electrons. The van der Waals surface area contributed by atoms with Gasteiger partial charge >= 0.3 is 5.97 Å². The third-order valence-electron chi connectivity index (χ3n) is 3.66. The molecule has 0 fully saturated rings. The van der Waals surface area contributed by atoms with Crippen molar-refractivity contribution in [3.8, 4) is 0 Å². The summed E-state index contributed by atoms with van der Waals surface area (Å²) in [6, 6.07) is 9.12. The van der Waals surface area contributed by atoms with Gasteiger partial charge in [-0.2, -0.15) is 4.98 Å². The summed E-state index contributed by atoms with van der Waals surface area (Å²) >= 11 is 0. The zero-order valence-electron chi connectivity index (χ0n) is 12.0. The maximum atomic E-state index is 11.5. The number of hydrogen-bond donors (Lipinski definition) is 1. The monoisotopic (exact) mass is 286 g/mol. The fourth-order valence-corrected chi connectivity index (χ4v) is 2.63. The van der Waals surface area contributed by atoms with E-state index in [1.165, 1.54) is 17.4 Å². The van der Waals surface area contributed by atoms with Crippen molar-refractivity contribution in [2.24, 2.45) is 0 Å². The Kier molecular flexibility index (Phi) is 3.90. The van der Waals surface area contributed by atoms with Gasteiger partial charge in [0.15, 0.2) is 5.69 Å². The average molecular weight is 286 g/mol. The standard InChI is InChI=1S/C16H18N2O3/c1-2-20-15(19)14-10-21-16(18-14)17-13-8-7-11-5-3-4-6-12(11)9-13/h3-6,10,13H,2,7-9H2,1H3,(H,17,18). The van der Waals surface area contributed by atoms with Crippen molar-refractivity contribution in [2.75, 3.05) is 11.9 Å². The van der Waals surface area contributed by atoms with Crippen LogP contribution in [0.3, 0.4) is 0 Å². The van der Waals surface area contributed by atoms with E-state index in [9.17, 15) is 4.79 Å². The molecule has 1 aliphatic rings. The summed E-state index contributed by atoms with van der Waals surface area (Å²) in [6.45, 7) is 2.09. The molecule has 0 radical (unpaired) electrons. The van der Waals surface area contributed by atoms with E-state index >= 15 is 0 Å². The predicted molar refractivity (Wildman–Crippen MR) is 78.3 cm³/mol. The summed E-state index contributed by atoms with van der Waals surface area (Å²) in [7, 11) is 0. The number of carbonyl (C=O) groups is 1. The highest BCUT2D eigenvalue weighted by molar-refractivity contribution is 5.87. The quantitative estimate of drug-likeness (QED) is 0.876. The molecule has 1 unspecified atom stereocenters. The molecule has 0 saturated carbocycles. The van der Waals surface area contributed by atoms with Crippen LogP contribution in [0.25, 0.3) is 0 Å². The summed E-state index contributed by atoms with van der Waals surface area (Å²) < 4.78 is 10.2. The molecule has 1 aromatic carbocycles. The Morgan fingerprint density at radius 2 is 2.24 bits per heavy atom. The minimum absolute atomic E-state index is 0.204. The fourth-order valence-electron chi connectivity index (χ4n) is 2.63. The number of esters is 1. The Bertz CT molecular complexity index is 636. The number of carbonyl (C=O) groups excluding carboxylic acids is 1. The molecule has 1 atom stereocenters. The zero-order chi connectivity index (χ0) is 14.7. The number of nitrogens with one attached hydrogen (secondary N) is 1. The summed E-state index contributed by atoms with van der Waals surface area (Å²) in [4.78, 5) is 15.7. The Morgan fingerprint density at radius 1 is 1.43 bits per heavy atom. The van der Waals surface area contributed by atoms with Crippen molar-refractivity contribution in [3.63, 3.8) is 0 Å². The Morgan fingerprint density at radius 3 is 3.05 bits per heavy atom. The van der Waals surface area contributed by atoms with Gasteiger partial charge in [0.1, 0.15) is 6.26 Å². The molecule has 0 bridgehead atoms. The van der Waals surface area contributed by atoms with Crippen molar-refractivity contribution < 1.29 is 13.9 Å². The Hall–Kier alpha value is -2.30. The van der Waals surface area contributed by atoms with E-state index in [2.05, 4.69) is 34.6 Å². The van der Waals surface area contributed by atoms with Crippen molar-refractivity contribution in [3.05, 3.63) is 47.3 Å². The molecule has 1 heterocycles. The molecule has 0 spiro atoms. The van der Waals surface area contributed by atoms with Crippen molar-refractivity contribution in [1.82, 2.24) is 4.98 Å². The maximum absolute atomic E-state index is 11.5. The molecule has 2 aromatic rings. The lowest BCUT2D eigenvalue weighted by Gasteiger charge is -2.24. The third kappa shape index (κ3) is 3.07. The van der Waals surface area contributed by atoms with Crippen LogP contribution in [-0.4, -0.2) is 23.6 Å². The number of nitrogens with zero attached hydrogens (tertiary/aromatic N) is 1. The molecule has 21 heavy (non-hydrogen) atoms. The molecule has 5 nitrogen and oxygen atoms in total. The number of rotatable bonds is 4. The summed E-state index contributed by atoms with van der Waals surface area (Å²) in [5, 5.41) is 3.25. The van der Waals surface area contributed by atoms with Crippen LogP contribution in [-0.2, 0) is 17.6 Å². The normalized spacial score (nSPS) is 17.1. The SMILES string of the molecule is CCOC(=O)c1coc(NC2CCc3ccccc3C2)n1. The lowest BCUT2D eigenvalue weighted by atomic mass is 9.88. The van der Waals surface area contributed by atoms with Gasteiger partial charge < -0.3 is 14.5 Å². The first-order valence-electron chi connectivity index (χ1n) is 7.22. The van der Waals surface area contributed by atoms with E-state index in [0.29, 0.717) is 12.6 Å². The summed E-state index contributed by atoms with van der Waals surface area (Å²) in [5.74, 6) is -0.455. The Balaban J connectivity index is 1.64. The first-order chi connectivity index (χ1) is 10.3. The molecule has 5 heteroatoms. The van der Waals surface area contributed by atoms with E-state index < -0.39 is 5.97 Å². The highest BCUT2D eigenvalue weighted by Gasteiger charge is 2.20. The van der Waals surface area contributed by atoms with Gasteiger partial charge in [-0.3, -0.25) is 0 Å². The summed E-state index contributed by atoms with van der Waals surface area (Å²) in [5.41, 5.74) is 2.98. The minimum Gasteiger partial charge on any atom is -0.461 e. The van der Waals surface area contributed by atoms with Crippen LogP contribution in [0.2, 0.25) is 0 Å². The number of fused-ring (bicyclic) bond motifs is 1. The molecule has 3 rings (SSSR count). The zero-order valence-corrected chi connectivity index (χ0v) is 12.0. The van der Waals surface area contributed by atoms with Crippen LogP contribution in [0, 0.1) is 0 Å². The van der Waals surface area contributed by atoms with Gasteiger partial charge in [0.2, 0.25) is 0 Å². The fraction of sp³-hybridized carbons (Fsp3) is 0.375. The number of hydrogen-bond acceptors (Lipinski definition) is 5. The first kappa shape index (κ1) is 13.7. The van der Waals surface area contributed by atoms with Crippen LogP contribution in [0.5, 0.6) is 0 Å². The number of aryl methyl sites for hydroxylation is 1. The van der Waals surface area contributed by atoms with E-state index in [-0.39, 0.29) is 11.7 Å². The molecule has 0 aliphatic heterocycles. The lowest BCUT2D eigenvalue weighted by molar-refractivity contribution is 0.0519. The van der Waals surface area contributed by atoms with Crippen molar-refractivity contribution in [1.29, 1.82) is 0 Å². The smallest absolute Gasteiger partial charge is 0.360 e. The average Bonchev–Trinajstić information content (AvgIpc) is 2.96. The van der Waals surface area contributed by atoms with Gasteiger partial charge in [0.05, 0.1) is 6.61 Å². The predicted octanol–water partition coefficient (Wildman–Crippen LogP) is 2.82. The second kappa shape index (κ2) is 5.99. The largest absolute Gasteiger partial charge is 0.461 e. The van der Waals surface area contributed by atoms with E-state index in [0.717, 1.165) is 19.3 Å². The minimum atomic E-state index is -0.455. The van der Waals surface area contributed by atoms with E-state index in [1.807, 2.05) is 0 Å². The van der Waals surface area contributed by atoms with Gasteiger partial charge in [0, 0.05) is 6.04 Å². The molecule has 1 N–H and O–H groups in total. The van der Waals surface area contributed by atoms with Crippen LogP contribution in [0.4, 0.5) is 6.01 Å². The second-order valence-corrected chi connectivity index (χ2v) is 5.11. The number of ether oxygens (including phenoxy) is 1. The maximum Gasteiger partial charge on any atom is 0.360 e. The van der Waals surface area contributed by atoms with Crippen LogP contribution >= 0.6 is 0 Å². The number of anilines is 1. The highest BCUT2D eigenvalue weighted by atomic mass is 16.5. The van der Waals surface area contributed by atoms with E-state index in [1.54, 1.807) is 6.92 Å². The van der Waals surface area contributed by atoms with Crippen molar-refractivity contribution in [2.45, 2.75) is 32.2 Å². The second-order valence-electron chi connectivity index (χ2n) is 5.11. The Labute approximate surface area is 123 Å². The summed E-state index contributed by atoms with van der Waals surface area (Å²) in [6.07, 6.45) is 4.33. The molecule has 1 aliphatic carbocycles.